The molecule has 0 amide bonds. The molecule has 5 N–H and O–H groups in total. The van der Waals surface area contributed by atoms with Crippen LogP contribution in [0, 0.1) is 10.1 Å². The van der Waals surface area contributed by atoms with Gasteiger partial charge in [0.05, 0.1) is 11.5 Å². The zero-order valence-electron chi connectivity index (χ0n) is 10.9. The lowest BCUT2D eigenvalue weighted by Gasteiger charge is -2.37. The smallest absolute Gasteiger partial charge is 0.269 e. The standard InChI is InChI=1S/C6H5NO2.C6H12O6/c8-7(9)6-4-2-1-3-5-6;7-1-2-3(8)4(9)5(10)6(11)12-2/h1-5H;2-11H,1H2/t;2-,3+,4+,5-,6-/m.1/s1. The molecule has 1 aliphatic heterocycles. The summed E-state index contributed by atoms with van der Waals surface area (Å²) in [7, 11) is 0. The van der Waals surface area contributed by atoms with E-state index in [0.717, 1.165) is 0 Å². The van der Waals surface area contributed by atoms with Gasteiger partial charge in [0.2, 0.25) is 0 Å². The lowest BCUT2D eigenvalue weighted by molar-refractivity contribution is -0.384. The molecule has 0 saturated carbocycles. The molecule has 0 unspecified atom stereocenters. The highest BCUT2D eigenvalue weighted by Crippen LogP contribution is 2.19. The second-order valence-electron chi connectivity index (χ2n) is 4.31. The summed E-state index contributed by atoms with van der Waals surface area (Å²) in [5.41, 5.74) is 0.137. The van der Waals surface area contributed by atoms with Crippen molar-refractivity contribution < 1.29 is 35.2 Å². The Morgan fingerprint density at radius 1 is 1.05 bits per heavy atom. The van der Waals surface area contributed by atoms with Crippen LogP contribution in [0.3, 0.4) is 0 Å². The van der Waals surface area contributed by atoms with E-state index in [-0.39, 0.29) is 5.69 Å². The number of aliphatic hydroxyl groups is 5. The Hall–Kier alpha value is -1.62. The van der Waals surface area contributed by atoms with Gasteiger partial charge in [0, 0.05) is 12.1 Å². The van der Waals surface area contributed by atoms with Crippen LogP contribution in [0.25, 0.3) is 0 Å². The summed E-state index contributed by atoms with van der Waals surface area (Å²) >= 11 is 0. The maximum absolute atomic E-state index is 10.0. The van der Waals surface area contributed by atoms with Crippen molar-refractivity contribution in [1.82, 2.24) is 0 Å². The van der Waals surface area contributed by atoms with E-state index < -0.39 is 42.2 Å². The third kappa shape index (κ3) is 4.70. The quantitative estimate of drug-likeness (QED) is 0.322. The number of nitrogens with zero attached hydrogens (tertiary/aromatic N) is 1. The van der Waals surface area contributed by atoms with Gasteiger partial charge >= 0.3 is 0 Å². The van der Waals surface area contributed by atoms with E-state index >= 15 is 0 Å². The molecule has 1 fully saturated rings. The van der Waals surface area contributed by atoms with Crippen LogP contribution < -0.4 is 0 Å². The molecule has 0 spiro atoms. The zero-order chi connectivity index (χ0) is 16.0. The Balaban J connectivity index is 0.000000219. The Bertz CT molecular complexity index is 437. The Kier molecular flexibility index (Phi) is 6.62. The maximum Gasteiger partial charge on any atom is 0.269 e. The number of rotatable bonds is 2. The highest BCUT2D eigenvalue weighted by Gasteiger charge is 2.42. The number of hydrogen-bond donors (Lipinski definition) is 5. The number of hydrogen-bond acceptors (Lipinski definition) is 8. The molecule has 0 radical (unpaired) electrons. The van der Waals surface area contributed by atoms with Gasteiger partial charge in [0.25, 0.3) is 5.69 Å². The predicted octanol–water partition coefficient (Wildman–Crippen LogP) is -1.63. The molecule has 1 heterocycles. The summed E-state index contributed by atoms with van der Waals surface area (Å²) in [5.74, 6) is 0. The van der Waals surface area contributed by atoms with E-state index in [1.807, 2.05) is 0 Å². The van der Waals surface area contributed by atoms with Crippen LogP contribution in [-0.2, 0) is 4.74 Å². The molecule has 9 heteroatoms. The van der Waals surface area contributed by atoms with Crippen LogP contribution in [0.5, 0.6) is 0 Å². The first-order valence-electron chi connectivity index (χ1n) is 6.06. The van der Waals surface area contributed by atoms with E-state index in [0.29, 0.717) is 0 Å². The van der Waals surface area contributed by atoms with Gasteiger partial charge in [-0.25, -0.2) is 0 Å². The highest BCUT2D eigenvalue weighted by atomic mass is 16.6. The Labute approximate surface area is 119 Å². The van der Waals surface area contributed by atoms with E-state index in [4.69, 9.17) is 25.5 Å². The molecule has 0 bridgehead atoms. The number of non-ortho nitro benzene ring substituents is 1. The van der Waals surface area contributed by atoms with Crippen molar-refractivity contribution in [1.29, 1.82) is 0 Å². The number of para-hydroxylation sites is 1. The van der Waals surface area contributed by atoms with E-state index in [9.17, 15) is 10.1 Å². The molecule has 2 rings (SSSR count). The summed E-state index contributed by atoms with van der Waals surface area (Å²) in [6.45, 7) is -0.526. The fourth-order valence-electron chi connectivity index (χ4n) is 1.63. The molecule has 0 aromatic heterocycles. The number of aliphatic hydroxyl groups excluding tert-OH is 5. The molecule has 118 valence electrons. The van der Waals surface area contributed by atoms with Crippen molar-refractivity contribution in [3.8, 4) is 0 Å². The minimum atomic E-state index is -1.57. The largest absolute Gasteiger partial charge is 0.394 e. The van der Waals surface area contributed by atoms with Crippen molar-refractivity contribution >= 4 is 5.69 Å². The third-order valence-corrected chi connectivity index (χ3v) is 2.83. The maximum atomic E-state index is 10.0. The fraction of sp³-hybridized carbons (Fsp3) is 0.500. The first-order valence-corrected chi connectivity index (χ1v) is 6.06. The zero-order valence-corrected chi connectivity index (χ0v) is 10.9. The lowest BCUT2D eigenvalue weighted by Crippen LogP contribution is -2.58. The number of nitro benzene ring substituents is 1. The van der Waals surface area contributed by atoms with Crippen molar-refractivity contribution in [3.05, 3.63) is 40.4 Å². The average molecular weight is 303 g/mol. The monoisotopic (exact) mass is 303 g/mol. The molecule has 9 nitrogen and oxygen atoms in total. The van der Waals surface area contributed by atoms with Crippen LogP contribution in [-0.4, -0.2) is 67.8 Å². The highest BCUT2D eigenvalue weighted by molar-refractivity contribution is 5.27. The summed E-state index contributed by atoms with van der Waals surface area (Å²) in [4.78, 5) is 9.59. The minimum Gasteiger partial charge on any atom is -0.394 e. The third-order valence-electron chi connectivity index (χ3n) is 2.83. The van der Waals surface area contributed by atoms with Crippen LogP contribution in [0.4, 0.5) is 5.69 Å². The van der Waals surface area contributed by atoms with Crippen molar-refractivity contribution in [2.24, 2.45) is 0 Å². The Morgan fingerprint density at radius 3 is 2.05 bits per heavy atom. The van der Waals surface area contributed by atoms with E-state index in [2.05, 4.69) is 4.74 Å². The summed E-state index contributed by atoms with van der Waals surface area (Å²) < 4.78 is 4.58. The molecule has 0 aliphatic carbocycles. The molecular formula is C12H17NO8. The number of ether oxygens (including phenoxy) is 1. The number of nitro groups is 1. The second kappa shape index (κ2) is 7.98. The molecule has 5 atom stereocenters. The molecular weight excluding hydrogens is 286 g/mol. The van der Waals surface area contributed by atoms with Gasteiger partial charge in [0.1, 0.15) is 24.4 Å². The molecule has 1 aromatic carbocycles. The minimum absolute atomic E-state index is 0.137. The molecule has 1 aromatic rings. The van der Waals surface area contributed by atoms with Crippen molar-refractivity contribution in [2.45, 2.75) is 30.7 Å². The van der Waals surface area contributed by atoms with E-state index in [1.165, 1.54) is 12.1 Å². The van der Waals surface area contributed by atoms with Gasteiger partial charge < -0.3 is 30.3 Å². The van der Waals surface area contributed by atoms with Crippen LogP contribution >= 0.6 is 0 Å². The van der Waals surface area contributed by atoms with Gasteiger partial charge in [-0.3, -0.25) is 10.1 Å². The summed E-state index contributed by atoms with van der Waals surface area (Å²) in [5, 5.41) is 54.7. The van der Waals surface area contributed by atoms with Gasteiger partial charge in [0.15, 0.2) is 6.29 Å². The number of benzene rings is 1. The second-order valence-corrected chi connectivity index (χ2v) is 4.31. The van der Waals surface area contributed by atoms with Crippen LogP contribution in [0.15, 0.2) is 30.3 Å². The topological polar surface area (TPSA) is 154 Å². The average Bonchev–Trinajstić information content (AvgIpc) is 2.50. The molecule has 1 saturated heterocycles. The first kappa shape index (κ1) is 17.4. The van der Waals surface area contributed by atoms with Gasteiger partial charge in [-0.2, -0.15) is 0 Å². The van der Waals surface area contributed by atoms with Gasteiger partial charge in [-0.05, 0) is 0 Å². The van der Waals surface area contributed by atoms with Crippen molar-refractivity contribution in [2.75, 3.05) is 6.61 Å². The fourth-order valence-corrected chi connectivity index (χ4v) is 1.63. The van der Waals surface area contributed by atoms with Gasteiger partial charge in [-0.1, -0.05) is 18.2 Å². The SMILES string of the molecule is O=[N+]([O-])c1ccccc1.OC[C@H]1O[C@@H](O)[C@H](O)[C@@H](O)[C@H]1O. The summed E-state index contributed by atoms with van der Waals surface area (Å²) in [6.07, 6.45) is -7.04. The van der Waals surface area contributed by atoms with Crippen molar-refractivity contribution in [3.63, 3.8) is 0 Å². The Morgan fingerprint density at radius 2 is 1.62 bits per heavy atom. The van der Waals surface area contributed by atoms with Crippen LogP contribution in [0.1, 0.15) is 0 Å². The normalized spacial score (nSPS) is 32.0. The van der Waals surface area contributed by atoms with Crippen LogP contribution in [0.2, 0.25) is 0 Å². The first-order chi connectivity index (χ1) is 9.88. The predicted molar refractivity (Wildman–Crippen MR) is 69.1 cm³/mol. The van der Waals surface area contributed by atoms with E-state index in [1.54, 1.807) is 18.2 Å². The molecule has 1 aliphatic rings. The molecule has 21 heavy (non-hydrogen) atoms. The lowest BCUT2D eigenvalue weighted by atomic mass is 10.00. The van der Waals surface area contributed by atoms with Gasteiger partial charge in [-0.15, -0.1) is 0 Å². The summed E-state index contributed by atoms with van der Waals surface area (Å²) in [6, 6.07) is 7.93.